The maximum atomic E-state index is 10.7. The number of rotatable bonds is 5. The molecule has 0 saturated carbocycles. The SMILES string of the molecule is CNCc1ccc(Oc2ccc([N+](=O)[O-])cc2C)cc1. The molecule has 0 aliphatic carbocycles. The van der Waals surface area contributed by atoms with Crippen LogP contribution in [-0.4, -0.2) is 12.0 Å². The van der Waals surface area contributed by atoms with Crippen LogP contribution in [0.15, 0.2) is 42.5 Å². The van der Waals surface area contributed by atoms with Crippen molar-refractivity contribution in [2.75, 3.05) is 7.05 Å². The van der Waals surface area contributed by atoms with E-state index in [4.69, 9.17) is 4.74 Å². The molecule has 0 heterocycles. The molecule has 0 aliphatic rings. The number of hydrogen-bond donors (Lipinski definition) is 1. The Morgan fingerprint density at radius 2 is 1.90 bits per heavy atom. The first kappa shape index (κ1) is 14.0. The van der Waals surface area contributed by atoms with Crippen LogP contribution in [0.5, 0.6) is 11.5 Å². The second kappa shape index (κ2) is 6.16. The largest absolute Gasteiger partial charge is 0.457 e. The Bertz CT molecular complexity index is 609. The lowest BCUT2D eigenvalue weighted by atomic mass is 10.2. The Hall–Kier alpha value is -2.40. The average Bonchev–Trinajstić information content (AvgIpc) is 2.43. The fraction of sp³-hybridized carbons (Fsp3) is 0.200. The molecule has 5 heteroatoms. The van der Waals surface area contributed by atoms with Crippen molar-refractivity contribution >= 4 is 5.69 Å². The van der Waals surface area contributed by atoms with Crippen LogP contribution in [0.2, 0.25) is 0 Å². The molecule has 0 atom stereocenters. The van der Waals surface area contributed by atoms with Crippen LogP contribution in [0.25, 0.3) is 0 Å². The van der Waals surface area contributed by atoms with Crippen LogP contribution in [0.1, 0.15) is 11.1 Å². The second-order valence-corrected chi connectivity index (χ2v) is 4.48. The fourth-order valence-corrected chi connectivity index (χ4v) is 1.87. The lowest BCUT2D eigenvalue weighted by Gasteiger charge is -2.09. The molecule has 20 heavy (non-hydrogen) atoms. The molecule has 0 unspecified atom stereocenters. The van der Waals surface area contributed by atoms with Gasteiger partial charge in [-0.3, -0.25) is 10.1 Å². The van der Waals surface area contributed by atoms with E-state index in [1.807, 2.05) is 31.3 Å². The third-order valence-corrected chi connectivity index (χ3v) is 2.90. The topological polar surface area (TPSA) is 64.4 Å². The molecule has 0 aliphatic heterocycles. The molecule has 5 nitrogen and oxygen atoms in total. The Morgan fingerprint density at radius 3 is 2.45 bits per heavy atom. The molecule has 0 fully saturated rings. The van der Waals surface area contributed by atoms with Crippen LogP contribution < -0.4 is 10.1 Å². The van der Waals surface area contributed by atoms with E-state index in [0.717, 1.165) is 12.1 Å². The first-order valence-electron chi connectivity index (χ1n) is 6.26. The standard InChI is InChI=1S/C15H16N2O3/c1-11-9-13(17(18)19)5-8-15(11)20-14-6-3-12(4-7-14)10-16-2/h3-9,16H,10H2,1-2H3. The molecule has 0 spiro atoms. The first-order valence-corrected chi connectivity index (χ1v) is 6.26. The lowest BCUT2D eigenvalue weighted by Crippen LogP contribution is -2.04. The summed E-state index contributed by atoms with van der Waals surface area (Å²) in [5.74, 6) is 1.33. The summed E-state index contributed by atoms with van der Waals surface area (Å²) in [6.07, 6.45) is 0. The van der Waals surface area contributed by atoms with E-state index in [0.29, 0.717) is 11.5 Å². The third-order valence-electron chi connectivity index (χ3n) is 2.90. The zero-order valence-electron chi connectivity index (χ0n) is 11.4. The number of benzene rings is 2. The maximum absolute atomic E-state index is 10.7. The minimum atomic E-state index is -0.413. The van der Waals surface area contributed by atoms with E-state index in [9.17, 15) is 10.1 Å². The van der Waals surface area contributed by atoms with E-state index in [1.54, 1.807) is 13.0 Å². The molecule has 1 N–H and O–H groups in total. The van der Waals surface area contributed by atoms with Crippen LogP contribution in [-0.2, 0) is 6.54 Å². The van der Waals surface area contributed by atoms with Gasteiger partial charge in [-0.05, 0) is 43.3 Å². The molecule has 2 aromatic rings. The van der Waals surface area contributed by atoms with E-state index in [-0.39, 0.29) is 5.69 Å². The highest BCUT2D eigenvalue weighted by atomic mass is 16.6. The Morgan fingerprint density at radius 1 is 1.20 bits per heavy atom. The highest BCUT2D eigenvalue weighted by Crippen LogP contribution is 2.28. The highest BCUT2D eigenvalue weighted by Gasteiger charge is 2.09. The van der Waals surface area contributed by atoms with Crippen molar-refractivity contribution in [3.8, 4) is 11.5 Å². The van der Waals surface area contributed by atoms with Crippen LogP contribution in [0, 0.1) is 17.0 Å². The Balaban J connectivity index is 2.15. The molecule has 0 radical (unpaired) electrons. The summed E-state index contributed by atoms with van der Waals surface area (Å²) >= 11 is 0. The second-order valence-electron chi connectivity index (χ2n) is 4.48. The van der Waals surface area contributed by atoms with Crippen molar-refractivity contribution in [2.24, 2.45) is 0 Å². The average molecular weight is 272 g/mol. The van der Waals surface area contributed by atoms with Gasteiger partial charge >= 0.3 is 0 Å². The van der Waals surface area contributed by atoms with Crippen LogP contribution in [0.4, 0.5) is 5.69 Å². The van der Waals surface area contributed by atoms with E-state index in [1.165, 1.54) is 17.7 Å². The van der Waals surface area contributed by atoms with Gasteiger partial charge in [0.2, 0.25) is 0 Å². The van der Waals surface area contributed by atoms with Crippen molar-refractivity contribution < 1.29 is 9.66 Å². The summed E-state index contributed by atoms with van der Waals surface area (Å²) in [6.45, 7) is 2.59. The van der Waals surface area contributed by atoms with Crippen molar-refractivity contribution in [1.29, 1.82) is 0 Å². The van der Waals surface area contributed by atoms with Gasteiger partial charge in [-0.25, -0.2) is 0 Å². The summed E-state index contributed by atoms with van der Waals surface area (Å²) < 4.78 is 5.73. The summed E-state index contributed by atoms with van der Waals surface area (Å²) in [5.41, 5.74) is 1.97. The number of ether oxygens (including phenoxy) is 1. The number of nitro benzene ring substituents is 1. The van der Waals surface area contributed by atoms with Gasteiger partial charge in [0, 0.05) is 18.7 Å². The molecule has 0 amide bonds. The van der Waals surface area contributed by atoms with Crippen molar-refractivity contribution in [2.45, 2.75) is 13.5 Å². The van der Waals surface area contributed by atoms with E-state index < -0.39 is 4.92 Å². The summed E-state index contributed by atoms with van der Waals surface area (Å²) in [5, 5.41) is 13.8. The number of aryl methyl sites for hydroxylation is 1. The molecule has 0 aromatic heterocycles. The lowest BCUT2D eigenvalue weighted by molar-refractivity contribution is -0.384. The summed E-state index contributed by atoms with van der Waals surface area (Å²) in [7, 11) is 1.89. The van der Waals surface area contributed by atoms with Gasteiger partial charge in [-0.2, -0.15) is 0 Å². The van der Waals surface area contributed by atoms with Crippen LogP contribution >= 0.6 is 0 Å². The molecule has 104 valence electrons. The minimum absolute atomic E-state index is 0.0687. The first-order chi connectivity index (χ1) is 9.60. The molecule has 2 rings (SSSR count). The van der Waals surface area contributed by atoms with Gasteiger partial charge in [-0.15, -0.1) is 0 Å². The predicted octanol–water partition coefficient (Wildman–Crippen LogP) is 3.41. The normalized spacial score (nSPS) is 10.3. The van der Waals surface area contributed by atoms with Gasteiger partial charge in [0.05, 0.1) is 4.92 Å². The number of hydrogen-bond acceptors (Lipinski definition) is 4. The summed E-state index contributed by atoms with van der Waals surface area (Å²) in [4.78, 5) is 10.3. The van der Waals surface area contributed by atoms with Gasteiger partial charge in [0.25, 0.3) is 5.69 Å². The van der Waals surface area contributed by atoms with Gasteiger partial charge in [0.15, 0.2) is 0 Å². The Kier molecular flexibility index (Phi) is 4.32. The van der Waals surface area contributed by atoms with Gasteiger partial charge in [-0.1, -0.05) is 12.1 Å². The number of nitrogens with one attached hydrogen (secondary N) is 1. The number of nitro groups is 1. The van der Waals surface area contributed by atoms with Crippen molar-refractivity contribution in [3.05, 3.63) is 63.7 Å². The van der Waals surface area contributed by atoms with Crippen molar-refractivity contribution in [3.63, 3.8) is 0 Å². The third kappa shape index (κ3) is 3.33. The number of nitrogens with zero attached hydrogens (tertiary/aromatic N) is 1. The van der Waals surface area contributed by atoms with Gasteiger partial charge in [0.1, 0.15) is 11.5 Å². The molecule has 2 aromatic carbocycles. The maximum Gasteiger partial charge on any atom is 0.269 e. The zero-order chi connectivity index (χ0) is 14.5. The molecule has 0 bridgehead atoms. The molecule has 0 saturated heterocycles. The van der Waals surface area contributed by atoms with Gasteiger partial charge < -0.3 is 10.1 Å². The highest BCUT2D eigenvalue weighted by molar-refractivity contribution is 5.45. The molecular weight excluding hydrogens is 256 g/mol. The van der Waals surface area contributed by atoms with Crippen molar-refractivity contribution in [1.82, 2.24) is 5.32 Å². The van der Waals surface area contributed by atoms with Crippen LogP contribution in [0.3, 0.4) is 0 Å². The smallest absolute Gasteiger partial charge is 0.269 e. The quantitative estimate of drug-likeness (QED) is 0.669. The monoisotopic (exact) mass is 272 g/mol. The summed E-state index contributed by atoms with van der Waals surface area (Å²) in [6, 6.07) is 12.3. The van der Waals surface area contributed by atoms with E-state index in [2.05, 4.69) is 5.32 Å². The number of non-ortho nitro benzene ring substituents is 1. The minimum Gasteiger partial charge on any atom is -0.457 e. The zero-order valence-corrected chi connectivity index (χ0v) is 11.4. The fourth-order valence-electron chi connectivity index (χ4n) is 1.87. The Labute approximate surface area is 117 Å². The predicted molar refractivity (Wildman–Crippen MR) is 77.1 cm³/mol. The van der Waals surface area contributed by atoms with E-state index >= 15 is 0 Å². The molecular formula is C15H16N2O3.